The smallest absolute Gasteiger partial charge is 0.272 e. The number of amides is 1. The molecule has 0 atom stereocenters. The first-order valence-electron chi connectivity index (χ1n) is 6.85. The third-order valence-corrected chi connectivity index (χ3v) is 5.15. The van der Waals surface area contributed by atoms with Crippen molar-refractivity contribution in [1.29, 1.82) is 5.26 Å². The minimum absolute atomic E-state index is 0.0279. The number of nitrogens with zero attached hydrogens (tertiary/aromatic N) is 4. The molecular formula is C14H20N4OS. The highest BCUT2D eigenvalue weighted by atomic mass is 32.2. The number of likely N-dealkylation sites (tertiary alicyclic amines) is 1. The van der Waals surface area contributed by atoms with Crippen molar-refractivity contribution in [3.8, 4) is 6.07 Å². The molecule has 0 N–H and O–H groups in total. The van der Waals surface area contributed by atoms with Crippen LogP contribution in [-0.4, -0.2) is 44.7 Å². The summed E-state index contributed by atoms with van der Waals surface area (Å²) in [6.07, 6.45) is 3.43. The van der Waals surface area contributed by atoms with Gasteiger partial charge in [0.15, 0.2) is 0 Å². The number of rotatable bonds is 3. The predicted molar refractivity (Wildman–Crippen MR) is 79.6 cm³/mol. The number of nitriles is 1. The second-order valence-electron chi connectivity index (χ2n) is 5.09. The molecule has 0 spiro atoms. The Kier molecular flexibility index (Phi) is 4.39. The minimum Gasteiger partial charge on any atom is -0.337 e. The molecule has 2 heterocycles. The molecule has 2 rings (SSSR count). The van der Waals surface area contributed by atoms with Crippen molar-refractivity contribution in [1.82, 2.24) is 14.7 Å². The zero-order valence-corrected chi connectivity index (χ0v) is 13.0. The summed E-state index contributed by atoms with van der Waals surface area (Å²) in [5.41, 5.74) is 1.52. The van der Waals surface area contributed by atoms with Gasteiger partial charge in [-0.15, -0.1) is 11.8 Å². The van der Waals surface area contributed by atoms with Crippen LogP contribution >= 0.6 is 11.8 Å². The highest BCUT2D eigenvalue weighted by molar-refractivity contribution is 8.00. The van der Waals surface area contributed by atoms with Crippen LogP contribution in [0.15, 0.2) is 6.07 Å². The van der Waals surface area contributed by atoms with E-state index in [1.807, 2.05) is 31.1 Å². The molecule has 1 aromatic rings. The summed E-state index contributed by atoms with van der Waals surface area (Å²) in [6.45, 7) is 5.85. The van der Waals surface area contributed by atoms with Crippen LogP contribution in [0.25, 0.3) is 0 Å². The Hall–Kier alpha value is -1.48. The van der Waals surface area contributed by atoms with Crippen molar-refractivity contribution in [2.24, 2.45) is 0 Å². The quantitative estimate of drug-likeness (QED) is 0.855. The molecule has 1 aliphatic rings. The van der Waals surface area contributed by atoms with E-state index in [2.05, 4.69) is 11.2 Å². The largest absolute Gasteiger partial charge is 0.337 e. The van der Waals surface area contributed by atoms with E-state index in [4.69, 9.17) is 0 Å². The van der Waals surface area contributed by atoms with Crippen molar-refractivity contribution < 1.29 is 4.79 Å². The van der Waals surface area contributed by atoms with Crippen LogP contribution in [0.5, 0.6) is 0 Å². The van der Waals surface area contributed by atoms with E-state index in [1.165, 1.54) is 0 Å². The van der Waals surface area contributed by atoms with Gasteiger partial charge in [-0.05, 0) is 39.0 Å². The van der Waals surface area contributed by atoms with Gasteiger partial charge in [0.1, 0.15) is 10.4 Å². The van der Waals surface area contributed by atoms with Gasteiger partial charge in [0.2, 0.25) is 0 Å². The SMILES string of the molecule is CCn1nc(C)cc1C(=O)N1CCC(C#N)(SC)CC1. The molecule has 0 aliphatic carbocycles. The van der Waals surface area contributed by atoms with Gasteiger partial charge < -0.3 is 4.90 Å². The first-order valence-corrected chi connectivity index (χ1v) is 8.08. The van der Waals surface area contributed by atoms with E-state index >= 15 is 0 Å². The fourth-order valence-corrected chi connectivity index (χ4v) is 3.24. The molecule has 0 unspecified atom stereocenters. The van der Waals surface area contributed by atoms with E-state index < -0.39 is 0 Å². The summed E-state index contributed by atoms with van der Waals surface area (Å²) in [4.78, 5) is 14.4. The Morgan fingerprint density at radius 2 is 2.20 bits per heavy atom. The van der Waals surface area contributed by atoms with Crippen LogP contribution < -0.4 is 0 Å². The monoisotopic (exact) mass is 292 g/mol. The number of piperidine rings is 1. The Morgan fingerprint density at radius 1 is 1.55 bits per heavy atom. The summed E-state index contributed by atoms with van der Waals surface area (Å²) in [5.74, 6) is 0.0279. The Bertz CT molecular complexity index is 538. The number of carbonyl (C=O) groups is 1. The van der Waals surface area contributed by atoms with Gasteiger partial charge in [0.25, 0.3) is 5.91 Å². The van der Waals surface area contributed by atoms with E-state index in [-0.39, 0.29) is 10.7 Å². The minimum atomic E-state index is -0.322. The van der Waals surface area contributed by atoms with E-state index in [0.29, 0.717) is 25.3 Å². The lowest BCUT2D eigenvalue weighted by Gasteiger charge is -2.36. The Labute approximate surface area is 123 Å². The average molecular weight is 292 g/mol. The van der Waals surface area contributed by atoms with Crippen LogP contribution in [0.3, 0.4) is 0 Å². The van der Waals surface area contributed by atoms with Gasteiger partial charge in [-0.2, -0.15) is 10.4 Å². The zero-order chi connectivity index (χ0) is 14.8. The van der Waals surface area contributed by atoms with Gasteiger partial charge in [0, 0.05) is 19.6 Å². The van der Waals surface area contributed by atoms with Gasteiger partial charge >= 0.3 is 0 Å². The second kappa shape index (κ2) is 5.88. The van der Waals surface area contributed by atoms with E-state index in [9.17, 15) is 10.1 Å². The number of hydrogen-bond donors (Lipinski definition) is 0. The maximum absolute atomic E-state index is 12.6. The molecule has 0 radical (unpaired) electrons. The van der Waals surface area contributed by atoms with Crippen LogP contribution in [0, 0.1) is 18.3 Å². The molecule has 108 valence electrons. The highest BCUT2D eigenvalue weighted by Gasteiger charge is 2.36. The number of aryl methyl sites for hydroxylation is 2. The molecule has 5 nitrogen and oxygen atoms in total. The van der Waals surface area contributed by atoms with E-state index in [0.717, 1.165) is 18.5 Å². The molecule has 0 saturated carbocycles. The van der Waals surface area contributed by atoms with Crippen LogP contribution in [0.4, 0.5) is 0 Å². The maximum atomic E-state index is 12.6. The highest BCUT2D eigenvalue weighted by Crippen LogP contribution is 2.34. The summed E-state index contributed by atoms with van der Waals surface area (Å²) in [7, 11) is 0. The Balaban J connectivity index is 2.11. The lowest BCUT2D eigenvalue weighted by molar-refractivity contribution is 0.0704. The van der Waals surface area contributed by atoms with Crippen molar-refractivity contribution in [2.75, 3.05) is 19.3 Å². The molecule has 0 bridgehead atoms. The first kappa shape index (κ1) is 14.9. The summed E-state index contributed by atoms with van der Waals surface area (Å²) in [6, 6.07) is 4.24. The fourth-order valence-electron chi connectivity index (χ4n) is 2.55. The van der Waals surface area contributed by atoms with Gasteiger partial charge in [-0.1, -0.05) is 0 Å². The standard InChI is InChI=1S/C14H20N4OS/c1-4-18-12(9-11(2)16-18)13(19)17-7-5-14(10-15,20-3)6-8-17/h9H,4-8H2,1-3H3. The molecular weight excluding hydrogens is 272 g/mol. The molecule has 6 heteroatoms. The number of aromatic nitrogens is 2. The van der Waals surface area contributed by atoms with Gasteiger partial charge in [-0.25, -0.2) is 0 Å². The normalized spacial score (nSPS) is 17.8. The van der Waals surface area contributed by atoms with E-state index in [1.54, 1.807) is 16.4 Å². The van der Waals surface area contributed by atoms with Gasteiger partial charge in [0.05, 0.1) is 11.8 Å². The zero-order valence-electron chi connectivity index (χ0n) is 12.2. The number of carbonyl (C=O) groups excluding carboxylic acids is 1. The van der Waals surface area contributed by atoms with Crippen molar-refractivity contribution in [2.45, 2.75) is 38.0 Å². The fraction of sp³-hybridized carbons (Fsp3) is 0.643. The molecule has 1 amide bonds. The molecule has 1 saturated heterocycles. The third-order valence-electron chi connectivity index (χ3n) is 3.87. The first-order chi connectivity index (χ1) is 9.55. The van der Waals surface area contributed by atoms with Crippen molar-refractivity contribution in [3.05, 3.63) is 17.5 Å². The topological polar surface area (TPSA) is 61.9 Å². The summed E-state index contributed by atoms with van der Waals surface area (Å²) < 4.78 is 1.43. The van der Waals surface area contributed by atoms with Crippen LogP contribution in [0.2, 0.25) is 0 Å². The predicted octanol–water partition coefficient (Wildman–Crippen LogP) is 2.07. The van der Waals surface area contributed by atoms with Crippen LogP contribution in [-0.2, 0) is 6.54 Å². The lowest BCUT2D eigenvalue weighted by Crippen LogP contribution is -2.44. The lowest BCUT2D eigenvalue weighted by atomic mass is 9.97. The van der Waals surface area contributed by atoms with Crippen molar-refractivity contribution in [3.63, 3.8) is 0 Å². The molecule has 1 aliphatic heterocycles. The number of hydrogen-bond acceptors (Lipinski definition) is 4. The van der Waals surface area contributed by atoms with Crippen LogP contribution in [0.1, 0.15) is 35.9 Å². The van der Waals surface area contributed by atoms with Crippen molar-refractivity contribution >= 4 is 17.7 Å². The van der Waals surface area contributed by atoms with Gasteiger partial charge in [-0.3, -0.25) is 9.48 Å². The molecule has 1 fully saturated rings. The summed E-state index contributed by atoms with van der Waals surface area (Å²) in [5, 5.41) is 13.6. The maximum Gasteiger partial charge on any atom is 0.272 e. The molecule has 1 aromatic heterocycles. The second-order valence-corrected chi connectivity index (χ2v) is 6.28. The summed E-state index contributed by atoms with van der Waals surface area (Å²) >= 11 is 1.60. The third kappa shape index (κ3) is 2.68. The Morgan fingerprint density at radius 3 is 2.70 bits per heavy atom. The molecule has 0 aromatic carbocycles. The average Bonchev–Trinajstić information content (AvgIpc) is 2.87. The molecule has 20 heavy (non-hydrogen) atoms. The number of thioether (sulfide) groups is 1.